The first-order chi connectivity index (χ1) is 14.9. The smallest absolute Gasteiger partial charge is 0.300 e. The number of anilines is 1. The van der Waals surface area contributed by atoms with Crippen molar-refractivity contribution in [3.63, 3.8) is 0 Å². The highest BCUT2D eigenvalue weighted by molar-refractivity contribution is 6.51. The summed E-state index contributed by atoms with van der Waals surface area (Å²) in [6, 6.07) is 12.1. The number of pyridine rings is 1. The van der Waals surface area contributed by atoms with Gasteiger partial charge in [0.2, 0.25) is 0 Å². The lowest BCUT2D eigenvalue weighted by Gasteiger charge is -2.26. The summed E-state index contributed by atoms with van der Waals surface area (Å²) < 4.78 is 18.7. The molecule has 1 atom stereocenters. The van der Waals surface area contributed by atoms with Crippen molar-refractivity contribution in [1.82, 2.24) is 4.98 Å². The van der Waals surface area contributed by atoms with Crippen molar-refractivity contribution < 1.29 is 23.8 Å². The van der Waals surface area contributed by atoms with Crippen molar-refractivity contribution in [2.45, 2.75) is 6.04 Å². The Bertz CT molecular complexity index is 1200. The Hall–Kier alpha value is -3.71. The molecule has 0 radical (unpaired) electrons. The van der Waals surface area contributed by atoms with Gasteiger partial charge in [0.1, 0.15) is 17.3 Å². The molecular weight excluding hydrogens is 423 g/mol. The van der Waals surface area contributed by atoms with Gasteiger partial charge in [0.25, 0.3) is 11.7 Å². The van der Waals surface area contributed by atoms with E-state index in [4.69, 9.17) is 16.3 Å². The highest BCUT2D eigenvalue weighted by atomic mass is 35.5. The third kappa shape index (κ3) is 3.64. The van der Waals surface area contributed by atoms with Crippen LogP contribution in [-0.4, -0.2) is 28.9 Å². The summed E-state index contributed by atoms with van der Waals surface area (Å²) in [7, 11) is 1.46. The second-order valence-electron chi connectivity index (χ2n) is 6.78. The summed E-state index contributed by atoms with van der Waals surface area (Å²) in [4.78, 5) is 31.2. The SMILES string of the molecule is COc1ccc(N2C(=O)C(=O)/C(=C(/O)c3ccncc3)C2c2ccc(F)cc2)cc1Cl. The minimum absolute atomic E-state index is 0.116. The predicted octanol–water partition coefficient (Wildman–Crippen LogP) is 4.51. The quantitative estimate of drug-likeness (QED) is 0.368. The summed E-state index contributed by atoms with van der Waals surface area (Å²) in [6.45, 7) is 0. The molecule has 0 bridgehead atoms. The number of aromatic nitrogens is 1. The van der Waals surface area contributed by atoms with Gasteiger partial charge in [0, 0.05) is 23.6 Å². The summed E-state index contributed by atoms with van der Waals surface area (Å²) >= 11 is 6.24. The van der Waals surface area contributed by atoms with Crippen molar-refractivity contribution >= 4 is 34.7 Å². The minimum atomic E-state index is -0.988. The first kappa shape index (κ1) is 20.6. The first-order valence-corrected chi connectivity index (χ1v) is 9.60. The van der Waals surface area contributed by atoms with Gasteiger partial charge in [-0.2, -0.15) is 0 Å². The molecule has 1 aliphatic rings. The molecule has 2 aromatic carbocycles. The highest BCUT2D eigenvalue weighted by Crippen LogP contribution is 2.43. The number of methoxy groups -OCH3 is 1. The molecule has 1 aliphatic heterocycles. The summed E-state index contributed by atoms with van der Waals surface area (Å²) in [5, 5.41) is 11.2. The molecule has 0 aliphatic carbocycles. The lowest BCUT2D eigenvalue weighted by molar-refractivity contribution is -0.132. The third-order valence-electron chi connectivity index (χ3n) is 5.00. The van der Waals surface area contributed by atoms with Gasteiger partial charge >= 0.3 is 0 Å². The molecule has 2 heterocycles. The average Bonchev–Trinajstić information content (AvgIpc) is 3.05. The molecule has 1 N–H and O–H groups in total. The number of hydrogen-bond acceptors (Lipinski definition) is 5. The molecule has 8 heteroatoms. The number of Topliss-reactive ketones (excluding diaryl/α,β-unsaturated/α-hetero) is 1. The standard InChI is InChI=1S/C23H16ClFN2O4/c1-31-18-7-6-16(12-17(18)24)27-20(13-2-4-15(25)5-3-13)19(22(29)23(27)30)21(28)14-8-10-26-11-9-14/h2-12,20,28H,1H3/b21-19+. The number of carbonyl (C=O) groups excluding carboxylic acids is 2. The minimum Gasteiger partial charge on any atom is -0.507 e. The van der Waals surface area contributed by atoms with Crippen LogP contribution in [0.15, 0.2) is 72.6 Å². The van der Waals surface area contributed by atoms with Gasteiger partial charge in [-0.1, -0.05) is 23.7 Å². The van der Waals surface area contributed by atoms with E-state index in [1.165, 1.54) is 66.9 Å². The highest BCUT2D eigenvalue weighted by Gasteiger charge is 2.47. The van der Waals surface area contributed by atoms with Crippen molar-refractivity contribution in [3.8, 4) is 5.75 Å². The van der Waals surface area contributed by atoms with E-state index in [1.54, 1.807) is 12.1 Å². The summed E-state index contributed by atoms with van der Waals surface area (Å²) in [6.07, 6.45) is 2.92. The Morgan fingerprint density at radius 1 is 1.10 bits per heavy atom. The van der Waals surface area contributed by atoms with Crippen molar-refractivity contribution in [2.24, 2.45) is 0 Å². The zero-order valence-corrected chi connectivity index (χ0v) is 17.0. The van der Waals surface area contributed by atoms with Crippen molar-refractivity contribution in [2.75, 3.05) is 12.0 Å². The lowest BCUT2D eigenvalue weighted by Crippen LogP contribution is -2.29. The predicted molar refractivity (Wildman–Crippen MR) is 113 cm³/mol. The Kier molecular flexibility index (Phi) is 5.44. The van der Waals surface area contributed by atoms with E-state index in [9.17, 15) is 19.1 Å². The Balaban J connectivity index is 1.94. The molecule has 156 valence electrons. The fourth-order valence-corrected chi connectivity index (χ4v) is 3.78. The van der Waals surface area contributed by atoms with E-state index in [0.717, 1.165) is 0 Å². The zero-order chi connectivity index (χ0) is 22.1. The fraction of sp³-hybridized carbons (Fsp3) is 0.0870. The van der Waals surface area contributed by atoms with Gasteiger partial charge < -0.3 is 9.84 Å². The van der Waals surface area contributed by atoms with Crippen LogP contribution in [0.2, 0.25) is 5.02 Å². The Morgan fingerprint density at radius 2 is 1.77 bits per heavy atom. The van der Waals surface area contributed by atoms with E-state index in [2.05, 4.69) is 4.98 Å². The molecular formula is C23H16ClFN2O4. The van der Waals surface area contributed by atoms with Crippen LogP contribution in [0.3, 0.4) is 0 Å². The van der Waals surface area contributed by atoms with E-state index in [0.29, 0.717) is 22.6 Å². The molecule has 1 unspecified atom stereocenters. The third-order valence-corrected chi connectivity index (χ3v) is 5.29. The molecule has 4 rings (SSSR count). The maximum Gasteiger partial charge on any atom is 0.300 e. The van der Waals surface area contributed by atoms with E-state index >= 15 is 0 Å². The topological polar surface area (TPSA) is 79.7 Å². The van der Waals surface area contributed by atoms with Gasteiger partial charge in [-0.05, 0) is 48.0 Å². The largest absolute Gasteiger partial charge is 0.507 e. The lowest BCUT2D eigenvalue weighted by atomic mass is 9.95. The van der Waals surface area contributed by atoms with Gasteiger partial charge in [-0.25, -0.2) is 4.39 Å². The van der Waals surface area contributed by atoms with Crippen LogP contribution in [0.1, 0.15) is 17.2 Å². The first-order valence-electron chi connectivity index (χ1n) is 9.22. The van der Waals surface area contributed by atoms with Crippen LogP contribution in [0.25, 0.3) is 5.76 Å². The molecule has 0 spiro atoms. The number of carbonyl (C=O) groups is 2. The number of aliphatic hydroxyl groups is 1. The number of ether oxygens (including phenoxy) is 1. The molecule has 0 saturated carbocycles. The van der Waals surface area contributed by atoms with Crippen LogP contribution in [-0.2, 0) is 9.59 Å². The number of rotatable bonds is 4. The number of ketones is 1. The zero-order valence-electron chi connectivity index (χ0n) is 16.3. The summed E-state index contributed by atoms with van der Waals surface area (Å²) in [5.74, 6) is -2.13. The van der Waals surface area contributed by atoms with E-state index < -0.39 is 23.5 Å². The maximum atomic E-state index is 13.6. The van der Waals surface area contributed by atoms with Crippen molar-refractivity contribution in [3.05, 3.63) is 94.5 Å². The normalized spacial score (nSPS) is 17.8. The number of aliphatic hydroxyl groups excluding tert-OH is 1. The molecule has 1 fully saturated rings. The van der Waals surface area contributed by atoms with E-state index in [-0.39, 0.29) is 16.4 Å². The molecule has 1 saturated heterocycles. The Morgan fingerprint density at radius 3 is 2.39 bits per heavy atom. The molecule has 6 nitrogen and oxygen atoms in total. The van der Waals surface area contributed by atoms with Gasteiger partial charge in [-0.3, -0.25) is 19.5 Å². The van der Waals surface area contributed by atoms with Crippen LogP contribution >= 0.6 is 11.6 Å². The molecule has 3 aromatic rings. The average molecular weight is 439 g/mol. The second kappa shape index (κ2) is 8.20. The number of nitrogens with zero attached hydrogens (tertiary/aromatic N) is 2. The van der Waals surface area contributed by atoms with Gasteiger partial charge in [0.05, 0.1) is 23.7 Å². The number of amides is 1. The fourth-order valence-electron chi connectivity index (χ4n) is 3.53. The molecule has 1 amide bonds. The maximum absolute atomic E-state index is 13.6. The van der Waals surface area contributed by atoms with Gasteiger partial charge in [0.15, 0.2) is 0 Å². The summed E-state index contributed by atoms with van der Waals surface area (Å²) in [5.41, 5.74) is 0.988. The Labute approximate surface area is 182 Å². The van der Waals surface area contributed by atoms with E-state index in [1.807, 2.05) is 0 Å². The number of halogens is 2. The molecule has 1 aromatic heterocycles. The molecule has 31 heavy (non-hydrogen) atoms. The monoisotopic (exact) mass is 438 g/mol. The van der Waals surface area contributed by atoms with Crippen LogP contribution in [0.4, 0.5) is 10.1 Å². The van der Waals surface area contributed by atoms with Crippen LogP contribution < -0.4 is 9.64 Å². The number of benzene rings is 2. The number of hydrogen-bond donors (Lipinski definition) is 1. The van der Waals surface area contributed by atoms with Crippen molar-refractivity contribution in [1.29, 1.82) is 0 Å². The van der Waals surface area contributed by atoms with Gasteiger partial charge in [-0.15, -0.1) is 0 Å². The second-order valence-corrected chi connectivity index (χ2v) is 7.18. The van der Waals surface area contributed by atoms with Crippen LogP contribution in [0, 0.1) is 5.82 Å². The van der Waals surface area contributed by atoms with Crippen LogP contribution in [0.5, 0.6) is 5.75 Å².